The molecule has 1 fully saturated rings. The van der Waals surface area contributed by atoms with Crippen molar-refractivity contribution in [3.8, 4) is 0 Å². The van der Waals surface area contributed by atoms with E-state index < -0.39 is 0 Å². The van der Waals surface area contributed by atoms with Crippen molar-refractivity contribution in [1.82, 2.24) is 15.5 Å². The number of thiophene rings is 1. The fourth-order valence-electron chi connectivity index (χ4n) is 3.75. The summed E-state index contributed by atoms with van der Waals surface area (Å²) in [6, 6.07) is 6.58. The lowest BCUT2D eigenvalue weighted by atomic mass is 9.79. The van der Waals surface area contributed by atoms with Crippen LogP contribution in [0.5, 0.6) is 0 Å². The van der Waals surface area contributed by atoms with Gasteiger partial charge in [-0.25, -0.2) is 0 Å². The molecule has 6 heteroatoms. The van der Waals surface area contributed by atoms with Crippen LogP contribution in [-0.2, 0) is 16.8 Å². The van der Waals surface area contributed by atoms with Crippen LogP contribution in [0.2, 0.25) is 4.34 Å². The summed E-state index contributed by atoms with van der Waals surface area (Å²) in [4.78, 5) is 1.31. The van der Waals surface area contributed by atoms with Crippen LogP contribution in [0.15, 0.2) is 24.4 Å². The van der Waals surface area contributed by atoms with E-state index in [4.69, 9.17) is 16.3 Å². The highest BCUT2D eigenvalue weighted by molar-refractivity contribution is 7.16. The van der Waals surface area contributed by atoms with Crippen LogP contribution >= 0.6 is 22.9 Å². The third kappa shape index (κ3) is 2.46. The number of fused-ring (bicyclic) bond motifs is 2. The minimum Gasteiger partial charge on any atom is -0.369 e. The molecule has 1 spiro atoms. The number of piperidine rings is 1. The smallest absolute Gasteiger partial charge is 0.106 e. The molecule has 4 nitrogen and oxygen atoms in total. The van der Waals surface area contributed by atoms with Crippen molar-refractivity contribution < 1.29 is 4.74 Å². The lowest BCUT2D eigenvalue weighted by molar-refractivity contribution is -0.0958. The molecule has 4 rings (SSSR count). The molecular formula is C16H18ClN3OS. The van der Waals surface area contributed by atoms with Crippen LogP contribution < -0.4 is 5.32 Å². The van der Waals surface area contributed by atoms with Crippen molar-refractivity contribution in [3.63, 3.8) is 0 Å². The number of nitrogens with zero attached hydrogens (tertiary/aromatic N) is 2. The van der Waals surface area contributed by atoms with Gasteiger partial charge in [0.25, 0.3) is 0 Å². The zero-order valence-corrected chi connectivity index (χ0v) is 14.0. The number of hydrogen-bond acceptors (Lipinski definition) is 5. The summed E-state index contributed by atoms with van der Waals surface area (Å²) in [5.41, 5.74) is 2.10. The Hall–Kier alpha value is -1.01. The predicted octanol–water partition coefficient (Wildman–Crippen LogP) is 3.47. The van der Waals surface area contributed by atoms with Gasteiger partial charge in [0.15, 0.2) is 0 Å². The van der Waals surface area contributed by atoms with E-state index in [2.05, 4.69) is 28.5 Å². The lowest BCUT2D eigenvalue weighted by Gasteiger charge is -2.45. The van der Waals surface area contributed by atoms with E-state index in [0.717, 1.165) is 35.9 Å². The molecule has 0 radical (unpaired) electrons. The van der Waals surface area contributed by atoms with Gasteiger partial charge in [-0.3, -0.25) is 0 Å². The number of rotatable bonds is 1. The van der Waals surface area contributed by atoms with Crippen molar-refractivity contribution in [2.75, 3.05) is 6.61 Å². The summed E-state index contributed by atoms with van der Waals surface area (Å²) in [6.45, 7) is 2.97. The molecule has 3 atom stereocenters. The highest BCUT2D eigenvalue weighted by Gasteiger charge is 2.46. The fraction of sp³-hybridized carbons (Fsp3) is 0.500. The summed E-state index contributed by atoms with van der Waals surface area (Å²) in [5, 5.41) is 11.9. The average Bonchev–Trinajstić information content (AvgIpc) is 2.90. The van der Waals surface area contributed by atoms with Crippen molar-refractivity contribution in [2.24, 2.45) is 0 Å². The molecule has 1 saturated heterocycles. The lowest BCUT2D eigenvalue weighted by Crippen LogP contribution is -2.49. The third-order valence-corrected chi connectivity index (χ3v) is 6.04. The SMILES string of the molecule is C[C@H]1C[C@@]2(C[C@@H](c3cccnn3)N1)OCCc1cc(Cl)sc12. The molecule has 0 bridgehead atoms. The molecule has 2 aromatic heterocycles. The molecule has 1 N–H and O–H groups in total. The van der Waals surface area contributed by atoms with E-state index in [1.165, 1.54) is 10.4 Å². The number of hydrogen-bond donors (Lipinski definition) is 1. The number of aromatic nitrogens is 2. The molecule has 0 amide bonds. The highest BCUT2D eigenvalue weighted by atomic mass is 35.5. The topological polar surface area (TPSA) is 47.0 Å². The first-order valence-electron chi connectivity index (χ1n) is 7.63. The second-order valence-electron chi connectivity index (χ2n) is 6.17. The fourth-order valence-corrected chi connectivity index (χ4v) is 5.21. The van der Waals surface area contributed by atoms with Crippen LogP contribution in [0.1, 0.15) is 41.9 Å². The first kappa shape index (κ1) is 14.6. The Bertz CT molecular complexity index is 677. The van der Waals surface area contributed by atoms with Crippen molar-refractivity contribution >= 4 is 22.9 Å². The van der Waals surface area contributed by atoms with Crippen LogP contribution in [-0.4, -0.2) is 22.8 Å². The Morgan fingerprint density at radius 1 is 1.45 bits per heavy atom. The molecule has 2 aliphatic rings. The van der Waals surface area contributed by atoms with Crippen molar-refractivity contribution in [3.05, 3.63) is 44.9 Å². The summed E-state index contributed by atoms with van der Waals surface area (Å²) >= 11 is 7.94. The molecule has 0 unspecified atom stereocenters. The standard InChI is InChI=1S/C16H18ClN3OS/c1-10-8-16(9-13(19-10)12-3-2-5-18-20-12)15-11(4-6-21-16)7-14(17)22-15/h2-3,5,7,10,13,19H,4,6,8-9H2,1H3/t10-,13-,16-/m0/s1. The van der Waals surface area contributed by atoms with E-state index in [1.54, 1.807) is 17.5 Å². The van der Waals surface area contributed by atoms with Crippen LogP contribution in [0.3, 0.4) is 0 Å². The largest absolute Gasteiger partial charge is 0.369 e. The average molecular weight is 336 g/mol. The maximum absolute atomic E-state index is 6.33. The van der Waals surface area contributed by atoms with Gasteiger partial charge in [0, 0.05) is 23.5 Å². The Morgan fingerprint density at radius 2 is 2.36 bits per heavy atom. The first-order chi connectivity index (χ1) is 10.7. The number of halogens is 1. The molecule has 0 saturated carbocycles. The highest BCUT2D eigenvalue weighted by Crippen LogP contribution is 2.49. The van der Waals surface area contributed by atoms with Gasteiger partial charge in [-0.1, -0.05) is 11.6 Å². The zero-order valence-electron chi connectivity index (χ0n) is 12.4. The van der Waals surface area contributed by atoms with Crippen molar-refractivity contribution in [1.29, 1.82) is 0 Å². The summed E-state index contributed by atoms with van der Waals surface area (Å²) in [6.07, 6.45) is 4.51. The molecule has 2 aliphatic heterocycles. The van der Waals surface area contributed by atoms with Gasteiger partial charge in [-0.15, -0.1) is 11.3 Å². The maximum atomic E-state index is 6.33. The van der Waals surface area contributed by atoms with Gasteiger partial charge in [0.2, 0.25) is 0 Å². The Labute approximate surface area is 138 Å². The Balaban J connectivity index is 1.73. The van der Waals surface area contributed by atoms with Crippen molar-refractivity contribution in [2.45, 2.75) is 43.9 Å². The minimum atomic E-state index is -0.238. The summed E-state index contributed by atoms with van der Waals surface area (Å²) in [7, 11) is 0. The van der Waals surface area contributed by atoms with Gasteiger partial charge in [0.1, 0.15) is 5.60 Å². The molecular weight excluding hydrogens is 318 g/mol. The molecule has 0 aromatic carbocycles. The number of nitrogens with one attached hydrogen (secondary N) is 1. The van der Waals surface area contributed by atoms with E-state index in [9.17, 15) is 0 Å². The first-order valence-corrected chi connectivity index (χ1v) is 8.82. The van der Waals surface area contributed by atoms with Crippen LogP contribution in [0.25, 0.3) is 0 Å². The predicted molar refractivity (Wildman–Crippen MR) is 87.3 cm³/mol. The summed E-state index contributed by atoms with van der Waals surface area (Å²) in [5.74, 6) is 0. The third-order valence-electron chi connectivity index (χ3n) is 4.55. The van der Waals surface area contributed by atoms with Gasteiger partial charge in [0.05, 0.1) is 22.7 Å². The molecule has 4 heterocycles. The van der Waals surface area contributed by atoms with Gasteiger partial charge in [-0.05, 0) is 43.5 Å². The zero-order chi connectivity index (χ0) is 15.2. The van der Waals surface area contributed by atoms with E-state index in [1.807, 2.05) is 12.1 Å². The van der Waals surface area contributed by atoms with Gasteiger partial charge in [-0.2, -0.15) is 10.2 Å². The normalized spacial score (nSPS) is 31.2. The molecule has 22 heavy (non-hydrogen) atoms. The molecule has 2 aromatic rings. The Kier molecular flexibility index (Phi) is 3.69. The summed E-state index contributed by atoms with van der Waals surface area (Å²) < 4.78 is 7.19. The van der Waals surface area contributed by atoms with E-state index >= 15 is 0 Å². The maximum Gasteiger partial charge on any atom is 0.106 e. The van der Waals surface area contributed by atoms with Crippen LogP contribution in [0, 0.1) is 0 Å². The van der Waals surface area contributed by atoms with Gasteiger partial charge < -0.3 is 10.1 Å². The number of ether oxygens (including phenoxy) is 1. The van der Waals surface area contributed by atoms with Crippen LogP contribution in [0.4, 0.5) is 0 Å². The minimum absolute atomic E-state index is 0.157. The molecule has 0 aliphatic carbocycles. The van der Waals surface area contributed by atoms with E-state index in [-0.39, 0.29) is 11.6 Å². The monoisotopic (exact) mass is 335 g/mol. The van der Waals surface area contributed by atoms with Gasteiger partial charge >= 0.3 is 0 Å². The quantitative estimate of drug-likeness (QED) is 0.866. The van der Waals surface area contributed by atoms with E-state index in [0.29, 0.717) is 6.04 Å². The molecule has 116 valence electrons. The second-order valence-corrected chi connectivity index (χ2v) is 7.86. The second kappa shape index (κ2) is 5.57. The Morgan fingerprint density at radius 3 is 3.18 bits per heavy atom.